The van der Waals surface area contributed by atoms with Gasteiger partial charge in [-0.1, -0.05) is 30.3 Å². The largest absolute Gasteiger partial charge is 0.548 e. The van der Waals surface area contributed by atoms with E-state index in [0.717, 1.165) is 27.6 Å². The van der Waals surface area contributed by atoms with E-state index in [0.29, 0.717) is 5.75 Å². The lowest BCUT2D eigenvalue weighted by Gasteiger charge is -2.20. The van der Waals surface area contributed by atoms with E-state index in [1.807, 2.05) is 56.3 Å². The van der Waals surface area contributed by atoms with Gasteiger partial charge in [-0.3, -0.25) is 4.79 Å². The number of benzene rings is 2. The Morgan fingerprint density at radius 1 is 1.19 bits per heavy atom. The molecule has 0 aliphatic rings. The van der Waals surface area contributed by atoms with Crippen LogP contribution in [0.3, 0.4) is 0 Å². The van der Waals surface area contributed by atoms with Gasteiger partial charge >= 0.3 is 0 Å². The Hall–Kier alpha value is -3.28. The average molecular weight is 365 g/mol. The summed E-state index contributed by atoms with van der Waals surface area (Å²) in [7, 11) is 0. The molecule has 0 radical (unpaired) electrons. The number of para-hydroxylation sites is 1. The van der Waals surface area contributed by atoms with Crippen LogP contribution in [0.2, 0.25) is 0 Å². The lowest BCUT2D eigenvalue weighted by molar-refractivity contribution is -0.308. The number of carboxylic acid groups (broad SMARTS) is 1. The number of H-pyrrole nitrogens is 1. The molecule has 6 heteroatoms. The molecule has 0 unspecified atom stereocenters. The van der Waals surface area contributed by atoms with E-state index in [9.17, 15) is 14.7 Å². The Balaban J connectivity index is 1.64. The summed E-state index contributed by atoms with van der Waals surface area (Å²) in [5, 5.41) is 14.9. The molecule has 1 aromatic heterocycles. The molecular formula is C21H21N2O4-. The Bertz CT molecular complexity index is 977. The van der Waals surface area contributed by atoms with Crippen molar-refractivity contribution in [1.82, 2.24) is 10.3 Å². The van der Waals surface area contributed by atoms with Gasteiger partial charge in [-0.05, 0) is 42.7 Å². The van der Waals surface area contributed by atoms with Crippen molar-refractivity contribution in [2.45, 2.75) is 26.3 Å². The number of amides is 1. The number of fused-ring (bicyclic) bond motifs is 1. The summed E-state index contributed by atoms with van der Waals surface area (Å²) in [6, 6.07) is 12.1. The highest BCUT2D eigenvalue weighted by atomic mass is 16.5. The molecule has 0 fully saturated rings. The molecule has 27 heavy (non-hydrogen) atoms. The second-order valence-corrected chi connectivity index (χ2v) is 6.56. The van der Waals surface area contributed by atoms with Gasteiger partial charge in [0.05, 0.1) is 12.0 Å². The molecule has 1 amide bonds. The van der Waals surface area contributed by atoms with Gasteiger partial charge in [-0.25, -0.2) is 0 Å². The predicted molar refractivity (Wildman–Crippen MR) is 100 cm³/mol. The molecular weight excluding hydrogens is 344 g/mol. The number of aliphatic carboxylic acids is 1. The van der Waals surface area contributed by atoms with Crippen LogP contribution in [-0.2, 0) is 16.0 Å². The van der Waals surface area contributed by atoms with E-state index >= 15 is 0 Å². The first-order valence-corrected chi connectivity index (χ1v) is 8.69. The summed E-state index contributed by atoms with van der Waals surface area (Å²) >= 11 is 0. The van der Waals surface area contributed by atoms with Crippen LogP contribution in [0.25, 0.3) is 10.9 Å². The fourth-order valence-corrected chi connectivity index (χ4v) is 2.96. The number of ether oxygens (including phenoxy) is 1. The van der Waals surface area contributed by atoms with E-state index in [1.54, 1.807) is 6.20 Å². The molecule has 2 aromatic carbocycles. The fraction of sp³-hybridized carbons (Fsp3) is 0.238. The number of carboxylic acids is 1. The molecule has 2 N–H and O–H groups in total. The first-order valence-electron chi connectivity index (χ1n) is 8.69. The van der Waals surface area contributed by atoms with Crippen LogP contribution in [0.5, 0.6) is 5.75 Å². The molecule has 0 saturated heterocycles. The number of hydrogen-bond acceptors (Lipinski definition) is 4. The molecule has 3 aromatic rings. The van der Waals surface area contributed by atoms with Crippen molar-refractivity contribution in [3.8, 4) is 5.75 Å². The summed E-state index contributed by atoms with van der Waals surface area (Å²) in [5.41, 5.74) is 3.64. The van der Waals surface area contributed by atoms with E-state index < -0.39 is 17.9 Å². The second kappa shape index (κ2) is 7.95. The van der Waals surface area contributed by atoms with Crippen LogP contribution in [-0.4, -0.2) is 29.5 Å². The van der Waals surface area contributed by atoms with Crippen LogP contribution in [0.4, 0.5) is 0 Å². The number of rotatable bonds is 7. The maximum absolute atomic E-state index is 12.2. The summed E-state index contributed by atoms with van der Waals surface area (Å²) in [6.07, 6.45) is 1.88. The predicted octanol–water partition coefficient (Wildman–Crippen LogP) is 1.64. The lowest BCUT2D eigenvalue weighted by Crippen LogP contribution is -2.50. The maximum atomic E-state index is 12.2. The Morgan fingerprint density at radius 2 is 1.96 bits per heavy atom. The van der Waals surface area contributed by atoms with Gasteiger partial charge in [0.15, 0.2) is 6.61 Å². The van der Waals surface area contributed by atoms with Crippen LogP contribution in [0, 0.1) is 13.8 Å². The van der Waals surface area contributed by atoms with Crippen LogP contribution < -0.4 is 15.2 Å². The molecule has 0 aliphatic carbocycles. The van der Waals surface area contributed by atoms with Crippen molar-refractivity contribution in [3.63, 3.8) is 0 Å². The summed E-state index contributed by atoms with van der Waals surface area (Å²) in [5.74, 6) is -1.24. The number of aromatic amines is 1. The Kier molecular flexibility index (Phi) is 5.45. The first-order chi connectivity index (χ1) is 12.9. The van der Waals surface area contributed by atoms with Crippen molar-refractivity contribution in [2.75, 3.05) is 6.61 Å². The van der Waals surface area contributed by atoms with E-state index in [1.165, 1.54) is 0 Å². The minimum Gasteiger partial charge on any atom is -0.548 e. The number of aryl methyl sites for hydroxylation is 2. The van der Waals surface area contributed by atoms with E-state index in [4.69, 9.17) is 4.74 Å². The van der Waals surface area contributed by atoms with Crippen molar-refractivity contribution in [1.29, 1.82) is 0 Å². The Labute approximate surface area is 157 Å². The summed E-state index contributed by atoms with van der Waals surface area (Å²) < 4.78 is 5.53. The van der Waals surface area contributed by atoms with Gasteiger partial charge in [0.2, 0.25) is 0 Å². The molecule has 0 bridgehead atoms. The lowest BCUT2D eigenvalue weighted by atomic mass is 10.1. The number of aromatic nitrogens is 1. The normalized spacial score (nSPS) is 11.9. The zero-order valence-electron chi connectivity index (χ0n) is 15.2. The average Bonchev–Trinajstić information content (AvgIpc) is 3.05. The third-order valence-corrected chi connectivity index (χ3v) is 4.42. The second-order valence-electron chi connectivity index (χ2n) is 6.56. The van der Waals surface area contributed by atoms with Crippen molar-refractivity contribution >= 4 is 22.8 Å². The number of carbonyl (C=O) groups excluding carboxylic acids is 2. The van der Waals surface area contributed by atoms with Crippen molar-refractivity contribution in [2.24, 2.45) is 0 Å². The minimum atomic E-state index is -1.33. The zero-order chi connectivity index (χ0) is 19.4. The highest BCUT2D eigenvalue weighted by Crippen LogP contribution is 2.20. The number of nitrogens with one attached hydrogen (secondary N) is 2. The van der Waals surface area contributed by atoms with Gasteiger partial charge < -0.3 is 24.9 Å². The van der Waals surface area contributed by atoms with Gasteiger partial charge in [0, 0.05) is 23.5 Å². The van der Waals surface area contributed by atoms with Gasteiger partial charge in [-0.2, -0.15) is 0 Å². The standard InChI is InChI=1S/C21H22N2O4/c1-13-7-8-14(2)19(9-13)27-12-20(24)23-18(21(25)26)10-15-11-22-17-6-4-3-5-16(15)17/h3-9,11,18,22H,10,12H2,1-2H3,(H,23,24)(H,25,26)/p-1/t18-/m0/s1. The SMILES string of the molecule is Cc1ccc(C)c(OCC(=O)N[C@@H](Cc2c[nH]c3ccccc23)C(=O)[O-])c1. The summed E-state index contributed by atoms with van der Waals surface area (Å²) in [6.45, 7) is 3.55. The third-order valence-electron chi connectivity index (χ3n) is 4.42. The molecule has 3 rings (SSSR count). The number of hydrogen-bond donors (Lipinski definition) is 2. The molecule has 0 aliphatic heterocycles. The third kappa shape index (κ3) is 4.47. The van der Waals surface area contributed by atoms with Crippen molar-refractivity contribution < 1.29 is 19.4 Å². The highest BCUT2D eigenvalue weighted by Gasteiger charge is 2.17. The minimum absolute atomic E-state index is 0.127. The van der Waals surface area contributed by atoms with E-state index in [2.05, 4.69) is 10.3 Å². The Morgan fingerprint density at radius 3 is 2.74 bits per heavy atom. The number of carbonyl (C=O) groups is 2. The summed E-state index contributed by atoms with van der Waals surface area (Å²) in [4.78, 5) is 26.8. The quantitative estimate of drug-likeness (QED) is 0.665. The van der Waals surface area contributed by atoms with Gasteiger partial charge in [0.25, 0.3) is 5.91 Å². The zero-order valence-corrected chi connectivity index (χ0v) is 15.2. The molecule has 140 valence electrons. The first kappa shape index (κ1) is 18.5. The topological polar surface area (TPSA) is 94.2 Å². The smallest absolute Gasteiger partial charge is 0.258 e. The molecule has 1 atom stereocenters. The molecule has 0 spiro atoms. The van der Waals surface area contributed by atoms with Crippen molar-refractivity contribution in [3.05, 3.63) is 65.4 Å². The molecule has 6 nitrogen and oxygen atoms in total. The van der Waals surface area contributed by atoms with Gasteiger partial charge in [-0.15, -0.1) is 0 Å². The van der Waals surface area contributed by atoms with Crippen LogP contribution >= 0.6 is 0 Å². The van der Waals surface area contributed by atoms with E-state index in [-0.39, 0.29) is 13.0 Å². The monoisotopic (exact) mass is 365 g/mol. The molecule has 1 heterocycles. The maximum Gasteiger partial charge on any atom is 0.258 e. The highest BCUT2D eigenvalue weighted by molar-refractivity contribution is 5.86. The van der Waals surface area contributed by atoms with Crippen LogP contribution in [0.1, 0.15) is 16.7 Å². The fourth-order valence-electron chi connectivity index (χ4n) is 2.96. The molecule has 0 saturated carbocycles. The van der Waals surface area contributed by atoms with Gasteiger partial charge in [0.1, 0.15) is 5.75 Å². The van der Waals surface area contributed by atoms with Crippen LogP contribution in [0.15, 0.2) is 48.7 Å².